The van der Waals surface area contributed by atoms with E-state index in [1.165, 1.54) is 0 Å². The van der Waals surface area contributed by atoms with E-state index in [9.17, 15) is 4.79 Å². The first-order valence-corrected chi connectivity index (χ1v) is 10.3. The van der Waals surface area contributed by atoms with Crippen LogP contribution in [0.3, 0.4) is 0 Å². The maximum Gasteiger partial charge on any atom is 0.338 e. The summed E-state index contributed by atoms with van der Waals surface area (Å²) in [5, 5.41) is 3.41. The fourth-order valence-corrected chi connectivity index (χ4v) is 4.19. The molecule has 3 aromatic rings. The van der Waals surface area contributed by atoms with E-state index in [4.69, 9.17) is 9.72 Å². The van der Waals surface area contributed by atoms with E-state index in [2.05, 4.69) is 38.8 Å². The lowest BCUT2D eigenvalue weighted by molar-refractivity contribution is -0.139. The first kappa shape index (κ1) is 18.7. The number of benzene rings is 2. The van der Waals surface area contributed by atoms with Crippen molar-refractivity contribution in [2.45, 2.75) is 32.7 Å². The average Bonchev–Trinajstić information content (AvgIpc) is 3.05. The first-order valence-electron chi connectivity index (χ1n) is 9.53. The summed E-state index contributed by atoms with van der Waals surface area (Å²) in [5.74, 6) is 0.467. The maximum absolute atomic E-state index is 13.1. The van der Waals surface area contributed by atoms with E-state index >= 15 is 0 Å². The van der Waals surface area contributed by atoms with Gasteiger partial charge in [-0.2, -0.15) is 0 Å². The van der Waals surface area contributed by atoms with E-state index in [0.717, 1.165) is 45.6 Å². The van der Waals surface area contributed by atoms with Crippen molar-refractivity contribution >= 4 is 38.9 Å². The number of imidazole rings is 1. The third-order valence-electron chi connectivity index (χ3n) is 4.88. The van der Waals surface area contributed by atoms with Gasteiger partial charge in [-0.3, -0.25) is 4.57 Å². The predicted octanol–water partition coefficient (Wildman–Crippen LogP) is 5.43. The zero-order valence-electron chi connectivity index (χ0n) is 15.9. The van der Waals surface area contributed by atoms with Gasteiger partial charge in [-0.15, -0.1) is 0 Å². The number of carbonyl (C=O) groups excluding carboxylic acids is 1. The van der Waals surface area contributed by atoms with Crippen LogP contribution in [0.1, 0.15) is 38.3 Å². The van der Waals surface area contributed by atoms with E-state index in [1.54, 1.807) is 0 Å². The number of esters is 1. The van der Waals surface area contributed by atoms with E-state index in [-0.39, 0.29) is 12.0 Å². The number of nitrogens with zero attached hydrogens (tertiary/aromatic N) is 2. The molecule has 0 amide bonds. The Hall–Kier alpha value is -2.60. The number of allylic oxidation sites excluding steroid dienone is 1. The molecular formula is C22H22BrN3O2. The van der Waals surface area contributed by atoms with Crippen LogP contribution in [0, 0.1) is 0 Å². The predicted molar refractivity (Wildman–Crippen MR) is 114 cm³/mol. The third-order valence-corrected chi connectivity index (χ3v) is 5.37. The Bertz CT molecular complexity index is 1070. The molecule has 0 unspecified atom stereocenters. The standard InChI is InChI=1S/C22H22BrN3O2/c1-3-8-17-19(21(27)28-4-2)20(14-9-7-10-15(23)13-14)26-18-12-6-5-11-16(18)24-22(26)25-17/h5-7,9-13,20H,3-4,8H2,1-2H3,(H,24,25)/t20-/m1/s1. The van der Waals surface area contributed by atoms with Crippen molar-refractivity contribution in [3.05, 3.63) is 69.8 Å². The normalized spacial score (nSPS) is 16.0. The molecule has 1 atom stereocenters. The van der Waals surface area contributed by atoms with Gasteiger partial charge in [-0.05, 0) is 43.2 Å². The molecule has 0 fully saturated rings. The molecule has 1 N–H and O–H groups in total. The minimum Gasteiger partial charge on any atom is -0.463 e. The van der Waals surface area contributed by atoms with Crippen LogP contribution >= 0.6 is 15.9 Å². The molecule has 0 radical (unpaired) electrons. The van der Waals surface area contributed by atoms with Gasteiger partial charge in [0.2, 0.25) is 5.95 Å². The number of anilines is 1. The highest BCUT2D eigenvalue weighted by Crippen LogP contribution is 2.41. The van der Waals surface area contributed by atoms with Crippen molar-refractivity contribution in [3.63, 3.8) is 0 Å². The number of para-hydroxylation sites is 2. The maximum atomic E-state index is 13.1. The molecule has 1 aliphatic rings. The van der Waals surface area contributed by atoms with Crippen molar-refractivity contribution in [1.29, 1.82) is 0 Å². The quantitative estimate of drug-likeness (QED) is 0.538. The Morgan fingerprint density at radius 1 is 1.21 bits per heavy atom. The third kappa shape index (κ3) is 3.22. The van der Waals surface area contributed by atoms with Gasteiger partial charge in [0.15, 0.2) is 0 Å². The minimum absolute atomic E-state index is 0.285. The number of hydrogen-bond acceptors (Lipinski definition) is 4. The Labute approximate surface area is 172 Å². The second-order valence-corrected chi connectivity index (χ2v) is 7.66. The summed E-state index contributed by atoms with van der Waals surface area (Å²) in [7, 11) is 0. The molecule has 0 aliphatic carbocycles. The van der Waals surface area contributed by atoms with Crippen molar-refractivity contribution in [2.75, 3.05) is 11.9 Å². The second kappa shape index (κ2) is 7.80. The number of carbonyl (C=O) groups is 1. The summed E-state index contributed by atoms with van der Waals surface area (Å²) in [5.41, 5.74) is 4.42. The lowest BCUT2D eigenvalue weighted by Gasteiger charge is -2.31. The van der Waals surface area contributed by atoms with E-state index < -0.39 is 0 Å². The monoisotopic (exact) mass is 439 g/mol. The number of fused-ring (bicyclic) bond motifs is 3. The fourth-order valence-electron chi connectivity index (χ4n) is 3.77. The van der Waals surface area contributed by atoms with Gasteiger partial charge in [0.05, 0.1) is 29.3 Å². The lowest BCUT2D eigenvalue weighted by atomic mass is 9.93. The lowest BCUT2D eigenvalue weighted by Crippen LogP contribution is -2.29. The molecule has 1 aromatic heterocycles. The molecular weight excluding hydrogens is 418 g/mol. The van der Waals surface area contributed by atoms with Crippen molar-refractivity contribution < 1.29 is 9.53 Å². The van der Waals surface area contributed by atoms with Gasteiger partial charge in [-0.1, -0.05) is 53.5 Å². The smallest absolute Gasteiger partial charge is 0.338 e. The van der Waals surface area contributed by atoms with Gasteiger partial charge in [-0.25, -0.2) is 9.78 Å². The van der Waals surface area contributed by atoms with Crippen molar-refractivity contribution in [2.24, 2.45) is 0 Å². The fraction of sp³-hybridized carbons (Fsp3) is 0.273. The van der Waals surface area contributed by atoms with Crippen LogP contribution in [0.25, 0.3) is 11.0 Å². The molecule has 1 aliphatic heterocycles. The number of nitrogens with one attached hydrogen (secondary N) is 1. The van der Waals surface area contributed by atoms with Crippen molar-refractivity contribution in [3.8, 4) is 0 Å². The highest BCUT2D eigenvalue weighted by Gasteiger charge is 2.35. The van der Waals surface area contributed by atoms with Crippen molar-refractivity contribution in [1.82, 2.24) is 9.55 Å². The van der Waals surface area contributed by atoms with Gasteiger partial charge < -0.3 is 10.1 Å². The highest BCUT2D eigenvalue weighted by molar-refractivity contribution is 9.10. The number of halogens is 1. The van der Waals surface area contributed by atoms with Gasteiger partial charge in [0.1, 0.15) is 0 Å². The van der Waals surface area contributed by atoms with Crippen LogP contribution in [0.5, 0.6) is 0 Å². The summed E-state index contributed by atoms with van der Waals surface area (Å²) in [6.45, 7) is 4.27. The highest BCUT2D eigenvalue weighted by atomic mass is 79.9. The molecule has 144 valence electrons. The van der Waals surface area contributed by atoms with Crippen LogP contribution in [0.15, 0.2) is 64.3 Å². The van der Waals surface area contributed by atoms with Crippen LogP contribution in [-0.4, -0.2) is 22.1 Å². The molecule has 0 spiro atoms. The molecule has 6 heteroatoms. The average molecular weight is 440 g/mol. The topological polar surface area (TPSA) is 56.2 Å². The molecule has 0 bridgehead atoms. The largest absolute Gasteiger partial charge is 0.463 e. The zero-order chi connectivity index (χ0) is 19.7. The van der Waals surface area contributed by atoms with Gasteiger partial charge in [0.25, 0.3) is 0 Å². The Morgan fingerprint density at radius 3 is 2.79 bits per heavy atom. The van der Waals surface area contributed by atoms with E-state index in [0.29, 0.717) is 12.2 Å². The Balaban J connectivity index is 2.00. The number of ether oxygens (including phenoxy) is 1. The van der Waals surface area contributed by atoms with Gasteiger partial charge in [0, 0.05) is 10.2 Å². The molecule has 2 aromatic carbocycles. The summed E-state index contributed by atoms with van der Waals surface area (Å²) < 4.78 is 8.53. The Kier molecular flexibility index (Phi) is 5.22. The van der Waals surface area contributed by atoms with Crippen LogP contribution in [-0.2, 0) is 9.53 Å². The summed E-state index contributed by atoms with van der Waals surface area (Å²) in [6, 6.07) is 15.8. The van der Waals surface area contributed by atoms with Gasteiger partial charge >= 0.3 is 5.97 Å². The molecule has 4 rings (SSSR count). The summed E-state index contributed by atoms with van der Waals surface area (Å²) in [4.78, 5) is 17.8. The molecule has 2 heterocycles. The SMILES string of the molecule is CCCC1=C(C(=O)OCC)[C@@H](c2cccc(Br)c2)n2c(nc3ccccc32)N1. The number of aromatic nitrogens is 2. The molecule has 5 nitrogen and oxygen atoms in total. The van der Waals surface area contributed by atoms with E-state index in [1.807, 2.05) is 49.4 Å². The van der Waals surface area contributed by atoms with Crippen LogP contribution in [0.4, 0.5) is 5.95 Å². The molecule has 0 saturated carbocycles. The number of hydrogen-bond donors (Lipinski definition) is 1. The molecule has 28 heavy (non-hydrogen) atoms. The zero-order valence-corrected chi connectivity index (χ0v) is 17.5. The number of rotatable bonds is 5. The molecule has 0 saturated heterocycles. The first-order chi connectivity index (χ1) is 13.6. The van der Waals surface area contributed by atoms with Crippen LogP contribution < -0.4 is 5.32 Å². The summed E-state index contributed by atoms with van der Waals surface area (Å²) in [6.07, 6.45) is 1.67. The minimum atomic E-state index is -0.304. The second-order valence-electron chi connectivity index (χ2n) is 6.74. The Morgan fingerprint density at radius 2 is 2.04 bits per heavy atom. The summed E-state index contributed by atoms with van der Waals surface area (Å²) >= 11 is 3.57. The van der Waals surface area contributed by atoms with Crippen LogP contribution in [0.2, 0.25) is 0 Å².